The molecule has 0 aromatic heterocycles. The number of hydrogen-bond donors (Lipinski definition) is 1. The van der Waals surface area contributed by atoms with Crippen molar-refractivity contribution < 1.29 is 14.3 Å². The SMILES string of the molecule is COc1cccc(N2CC(NC(=O)N3CCN(Cc4ccccc4)CC3)CC2=O)c1. The minimum absolute atomic E-state index is 0.0150. The Kier molecular flexibility index (Phi) is 6.18. The fourth-order valence-electron chi connectivity index (χ4n) is 4.05. The number of nitrogens with one attached hydrogen (secondary N) is 1. The molecule has 2 aliphatic rings. The monoisotopic (exact) mass is 408 g/mol. The maximum Gasteiger partial charge on any atom is 0.317 e. The molecule has 2 saturated heterocycles. The third kappa shape index (κ3) is 4.74. The summed E-state index contributed by atoms with van der Waals surface area (Å²) in [6.45, 7) is 4.47. The van der Waals surface area contributed by atoms with Crippen molar-refractivity contribution >= 4 is 17.6 Å². The topological polar surface area (TPSA) is 65.1 Å². The maximum atomic E-state index is 12.7. The number of nitrogens with zero attached hydrogens (tertiary/aromatic N) is 3. The second kappa shape index (κ2) is 9.17. The van der Waals surface area contributed by atoms with Crippen LogP contribution in [0, 0.1) is 0 Å². The highest BCUT2D eigenvalue weighted by Gasteiger charge is 2.33. The van der Waals surface area contributed by atoms with Gasteiger partial charge in [-0.15, -0.1) is 0 Å². The highest BCUT2D eigenvalue weighted by atomic mass is 16.5. The predicted octanol–water partition coefficient (Wildman–Crippen LogP) is 2.33. The molecule has 7 nitrogen and oxygen atoms in total. The summed E-state index contributed by atoms with van der Waals surface area (Å²) in [4.78, 5) is 31.1. The lowest BCUT2D eigenvalue weighted by atomic mass is 10.2. The molecule has 4 rings (SSSR count). The van der Waals surface area contributed by atoms with Crippen molar-refractivity contribution in [1.29, 1.82) is 0 Å². The number of methoxy groups -OCH3 is 1. The molecule has 2 heterocycles. The van der Waals surface area contributed by atoms with Crippen LogP contribution in [-0.4, -0.2) is 67.6 Å². The lowest BCUT2D eigenvalue weighted by Gasteiger charge is -2.35. The quantitative estimate of drug-likeness (QED) is 0.825. The summed E-state index contributed by atoms with van der Waals surface area (Å²) in [5.74, 6) is 0.724. The normalized spacial score (nSPS) is 19.8. The Bertz CT molecular complexity index is 881. The first-order chi connectivity index (χ1) is 14.6. The summed E-state index contributed by atoms with van der Waals surface area (Å²) >= 11 is 0. The fraction of sp³-hybridized carbons (Fsp3) is 0.391. The van der Waals surface area contributed by atoms with Crippen LogP contribution in [0.15, 0.2) is 54.6 Å². The zero-order chi connectivity index (χ0) is 20.9. The summed E-state index contributed by atoms with van der Waals surface area (Å²) in [7, 11) is 1.60. The van der Waals surface area contributed by atoms with Gasteiger partial charge in [0.15, 0.2) is 0 Å². The van der Waals surface area contributed by atoms with E-state index >= 15 is 0 Å². The van der Waals surface area contributed by atoms with E-state index in [4.69, 9.17) is 4.74 Å². The Balaban J connectivity index is 1.27. The van der Waals surface area contributed by atoms with Gasteiger partial charge < -0.3 is 19.9 Å². The zero-order valence-electron chi connectivity index (χ0n) is 17.3. The Morgan fingerprint density at radius 1 is 1.07 bits per heavy atom. The van der Waals surface area contributed by atoms with Gasteiger partial charge in [-0.3, -0.25) is 9.69 Å². The Labute approximate surface area is 177 Å². The first-order valence-electron chi connectivity index (χ1n) is 10.4. The van der Waals surface area contributed by atoms with Crippen molar-refractivity contribution in [1.82, 2.24) is 15.1 Å². The molecule has 0 aliphatic carbocycles. The third-order valence-corrected chi connectivity index (χ3v) is 5.73. The third-order valence-electron chi connectivity index (χ3n) is 5.73. The maximum absolute atomic E-state index is 12.7. The number of urea groups is 1. The van der Waals surface area contributed by atoms with Gasteiger partial charge in [-0.05, 0) is 17.7 Å². The molecule has 0 saturated carbocycles. The van der Waals surface area contributed by atoms with E-state index in [1.807, 2.05) is 35.2 Å². The summed E-state index contributed by atoms with van der Waals surface area (Å²) in [5.41, 5.74) is 2.09. The molecule has 2 fully saturated rings. The van der Waals surface area contributed by atoms with E-state index in [2.05, 4.69) is 34.5 Å². The van der Waals surface area contributed by atoms with Crippen LogP contribution in [0.5, 0.6) is 5.75 Å². The Morgan fingerprint density at radius 3 is 2.57 bits per heavy atom. The van der Waals surface area contributed by atoms with Crippen LogP contribution in [-0.2, 0) is 11.3 Å². The van der Waals surface area contributed by atoms with Crippen molar-refractivity contribution in [2.24, 2.45) is 0 Å². The molecule has 1 unspecified atom stereocenters. The molecular weight excluding hydrogens is 380 g/mol. The van der Waals surface area contributed by atoms with Crippen LogP contribution in [0.3, 0.4) is 0 Å². The van der Waals surface area contributed by atoms with Gasteiger partial charge in [0.1, 0.15) is 5.75 Å². The number of hydrogen-bond acceptors (Lipinski definition) is 4. The largest absolute Gasteiger partial charge is 0.497 e. The molecule has 1 atom stereocenters. The molecule has 158 valence electrons. The summed E-state index contributed by atoms with van der Waals surface area (Å²) in [6.07, 6.45) is 0.316. The van der Waals surface area contributed by atoms with Gasteiger partial charge in [-0.2, -0.15) is 0 Å². The number of benzene rings is 2. The van der Waals surface area contributed by atoms with Crippen LogP contribution in [0.2, 0.25) is 0 Å². The number of amides is 3. The summed E-state index contributed by atoms with van der Waals surface area (Å²) in [5, 5.41) is 3.05. The van der Waals surface area contributed by atoms with E-state index in [1.54, 1.807) is 12.0 Å². The molecular formula is C23H28N4O3. The van der Waals surface area contributed by atoms with Crippen molar-refractivity contribution in [3.63, 3.8) is 0 Å². The number of ether oxygens (including phenoxy) is 1. The number of anilines is 1. The first-order valence-corrected chi connectivity index (χ1v) is 10.4. The van der Waals surface area contributed by atoms with Gasteiger partial charge in [0.25, 0.3) is 0 Å². The van der Waals surface area contributed by atoms with E-state index in [0.29, 0.717) is 31.8 Å². The minimum Gasteiger partial charge on any atom is -0.497 e. The predicted molar refractivity (Wildman–Crippen MR) is 116 cm³/mol. The fourth-order valence-corrected chi connectivity index (χ4v) is 4.05. The second-order valence-corrected chi connectivity index (χ2v) is 7.81. The van der Waals surface area contributed by atoms with E-state index in [9.17, 15) is 9.59 Å². The lowest BCUT2D eigenvalue weighted by molar-refractivity contribution is -0.117. The molecule has 0 bridgehead atoms. The molecule has 3 amide bonds. The molecule has 2 aromatic rings. The molecule has 0 radical (unpaired) electrons. The summed E-state index contributed by atoms with van der Waals surface area (Å²) < 4.78 is 5.25. The Morgan fingerprint density at radius 2 is 1.83 bits per heavy atom. The van der Waals surface area contributed by atoms with Crippen LogP contribution in [0.25, 0.3) is 0 Å². The number of piperazine rings is 1. The Hall–Kier alpha value is -3.06. The van der Waals surface area contributed by atoms with Gasteiger partial charge in [-0.1, -0.05) is 36.4 Å². The van der Waals surface area contributed by atoms with Crippen LogP contribution >= 0.6 is 0 Å². The molecule has 2 aliphatic heterocycles. The first kappa shape index (κ1) is 20.2. The minimum atomic E-state index is -0.182. The number of rotatable bonds is 5. The standard InChI is InChI=1S/C23H28N4O3/c1-30-21-9-5-8-20(15-21)27-17-19(14-22(27)28)24-23(29)26-12-10-25(11-13-26)16-18-6-3-2-4-7-18/h2-9,15,19H,10-14,16-17H2,1H3,(H,24,29). The van der Waals surface area contributed by atoms with Crippen molar-refractivity contribution in [3.05, 3.63) is 60.2 Å². The van der Waals surface area contributed by atoms with Crippen molar-refractivity contribution in [3.8, 4) is 5.75 Å². The van der Waals surface area contributed by atoms with Crippen molar-refractivity contribution in [2.75, 3.05) is 44.7 Å². The number of carbonyl (C=O) groups excluding carboxylic acids is 2. The number of carbonyl (C=O) groups is 2. The van der Waals surface area contributed by atoms with Crippen molar-refractivity contribution in [2.45, 2.75) is 19.0 Å². The van der Waals surface area contributed by atoms with Crippen LogP contribution in [0.4, 0.5) is 10.5 Å². The van der Waals surface area contributed by atoms with Gasteiger partial charge >= 0.3 is 6.03 Å². The van der Waals surface area contributed by atoms with E-state index in [0.717, 1.165) is 25.3 Å². The van der Waals surface area contributed by atoms with Gasteiger partial charge in [0, 0.05) is 57.4 Å². The molecule has 1 N–H and O–H groups in total. The summed E-state index contributed by atoms with van der Waals surface area (Å²) in [6, 6.07) is 17.6. The highest BCUT2D eigenvalue weighted by molar-refractivity contribution is 5.97. The van der Waals surface area contributed by atoms with Crippen LogP contribution < -0.4 is 15.0 Å². The smallest absolute Gasteiger partial charge is 0.317 e. The molecule has 30 heavy (non-hydrogen) atoms. The molecule has 0 spiro atoms. The molecule has 7 heteroatoms. The van der Waals surface area contributed by atoms with E-state index in [1.165, 1.54) is 5.56 Å². The van der Waals surface area contributed by atoms with Crippen LogP contribution in [0.1, 0.15) is 12.0 Å². The zero-order valence-corrected chi connectivity index (χ0v) is 17.3. The van der Waals surface area contributed by atoms with Gasteiger partial charge in [0.05, 0.1) is 13.2 Å². The van der Waals surface area contributed by atoms with Gasteiger partial charge in [-0.25, -0.2) is 4.79 Å². The van der Waals surface area contributed by atoms with Gasteiger partial charge in [0.2, 0.25) is 5.91 Å². The average molecular weight is 409 g/mol. The highest BCUT2D eigenvalue weighted by Crippen LogP contribution is 2.25. The van der Waals surface area contributed by atoms with E-state index in [-0.39, 0.29) is 18.0 Å². The average Bonchev–Trinajstić information content (AvgIpc) is 3.15. The van der Waals surface area contributed by atoms with E-state index < -0.39 is 0 Å². The lowest BCUT2D eigenvalue weighted by Crippen LogP contribution is -2.53. The second-order valence-electron chi connectivity index (χ2n) is 7.81. The molecule has 2 aromatic carbocycles.